The van der Waals surface area contributed by atoms with Gasteiger partial charge in [0.25, 0.3) is 0 Å². The summed E-state index contributed by atoms with van der Waals surface area (Å²) >= 11 is 0. The van der Waals surface area contributed by atoms with Crippen LogP contribution in [0.4, 0.5) is 0 Å². The second-order valence-electron chi connectivity index (χ2n) is 2.08. The highest BCUT2D eigenvalue weighted by Gasteiger charge is 1.84. The number of rotatable bonds is 5. The van der Waals surface area contributed by atoms with E-state index in [1.165, 1.54) is 5.70 Å². The number of nitrogens with zero attached hydrogens (tertiary/aromatic N) is 1. The molecule has 0 heterocycles. The Morgan fingerprint density at radius 1 is 1.64 bits per heavy atom. The Kier molecular flexibility index (Phi) is 6.39. The minimum Gasteiger partial charge on any atom is -0.392 e. The zero-order valence-corrected chi connectivity index (χ0v) is 7.30. The second kappa shape index (κ2) is 7.06. The quantitative estimate of drug-likeness (QED) is 0.599. The van der Waals surface area contributed by atoms with E-state index in [1.54, 1.807) is 6.20 Å². The van der Waals surface area contributed by atoms with Crippen LogP contribution < -0.4 is 5.32 Å². The van der Waals surface area contributed by atoms with Gasteiger partial charge in [-0.2, -0.15) is 0 Å². The van der Waals surface area contributed by atoms with Crippen molar-refractivity contribution in [2.24, 2.45) is 4.99 Å². The van der Waals surface area contributed by atoms with Crippen LogP contribution in [-0.2, 0) is 0 Å². The van der Waals surface area contributed by atoms with Crippen molar-refractivity contribution in [3.8, 4) is 0 Å². The summed E-state index contributed by atoms with van der Waals surface area (Å²) in [6, 6.07) is 0. The van der Waals surface area contributed by atoms with Gasteiger partial charge in [-0.3, -0.25) is 4.99 Å². The molecule has 0 saturated heterocycles. The average Bonchev–Trinajstić information content (AvgIpc) is 2.05. The van der Waals surface area contributed by atoms with Gasteiger partial charge in [0.1, 0.15) is 0 Å². The molecule has 0 spiro atoms. The third kappa shape index (κ3) is 5.40. The van der Waals surface area contributed by atoms with Crippen molar-refractivity contribution in [3.05, 3.63) is 24.6 Å². The third-order valence-corrected chi connectivity index (χ3v) is 1.38. The molecule has 1 N–H and O–H groups in total. The van der Waals surface area contributed by atoms with E-state index in [1.807, 2.05) is 13.3 Å². The maximum atomic E-state index is 3.88. The van der Waals surface area contributed by atoms with E-state index in [-0.39, 0.29) is 0 Å². The normalized spacial score (nSPS) is 12.0. The Labute approximate surface area is 68.7 Å². The van der Waals surface area contributed by atoms with Crippen molar-refractivity contribution in [2.75, 3.05) is 7.05 Å². The second-order valence-corrected chi connectivity index (χ2v) is 2.08. The molecule has 0 saturated carbocycles. The lowest BCUT2D eigenvalue weighted by Gasteiger charge is -2.00. The SMILES string of the molecule is C=CN=CC/C=C(\CC)NC. The summed E-state index contributed by atoms with van der Waals surface area (Å²) in [6.45, 7) is 5.60. The summed E-state index contributed by atoms with van der Waals surface area (Å²) in [5.74, 6) is 0. The average molecular weight is 152 g/mol. The van der Waals surface area contributed by atoms with E-state index in [4.69, 9.17) is 0 Å². The summed E-state index contributed by atoms with van der Waals surface area (Å²) < 4.78 is 0. The maximum absolute atomic E-state index is 3.88. The first-order valence-electron chi connectivity index (χ1n) is 3.84. The molecule has 11 heavy (non-hydrogen) atoms. The van der Waals surface area contributed by atoms with Crippen molar-refractivity contribution in [3.63, 3.8) is 0 Å². The minimum absolute atomic E-state index is 0.871. The molecule has 0 aliphatic heterocycles. The highest BCUT2D eigenvalue weighted by Crippen LogP contribution is 1.94. The van der Waals surface area contributed by atoms with Crippen molar-refractivity contribution in [1.82, 2.24) is 5.32 Å². The predicted octanol–water partition coefficient (Wildman–Crippen LogP) is 2.10. The lowest BCUT2D eigenvalue weighted by Crippen LogP contribution is -2.03. The number of allylic oxidation sites excluding steroid dienone is 2. The summed E-state index contributed by atoms with van der Waals surface area (Å²) in [7, 11) is 1.93. The van der Waals surface area contributed by atoms with E-state index < -0.39 is 0 Å². The van der Waals surface area contributed by atoms with Crippen LogP contribution in [0.25, 0.3) is 0 Å². The fourth-order valence-electron chi connectivity index (χ4n) is 0.754. The lowest BCUT2D eigenvalue weighted by molar-refractivity contribution is 0.893. The molecule has 0 aliphatic rings. The molecule has 0 rings (SSSR count). The van der Waals surface area contributed by atoms with Gasteiger partial charge in [0.15, 0.2) is 0 Å². The molecule has 2 heteroatoms. The van der Waals surface area contributed by atoms with Gasteiger partial charge in [0, 0.05) is 31.6 Å². The summed E-state index contributed by atoms with van der Waals surface area (Å²) in [4.78, 5) is 3.88. The molecule has 0 aliphatic carbocycles. The molecule has 0 unspecified atom stereocenters. The molecule has 62 valence electrons. The molecule has 0 aromatic heterocycles. The van der Waals surface area contributed by atoms with Gasteiger partial charge in [0.05, 0.1) is 0 Å². The molecular weight excluding hydrogens is 136 g/mol. The molecule has 0 radical (unpaired) electrons. The highest BCUT2D eigenvalue weighted by atomic mass is 14.8. The molecule has 0 amide bonds. The molecular formula is C9H16N2. The van der Waals surface area contributed by atoms with Crippen molar-refractivity contribution in [2.45, 2.75) is 19.8 Å². The summed E-state index contributed by atoms with van der Waals surface area (Å²) in [5.41, 5.74) is 1.25. The van der Waals surface area contributed by atoms with Crippen LogP contribution in [0, 0.1) is 0 Å². The van der Waals surface area contributed by atoms with Crippen LogP contribution in [0.1, 0.15) is 19.8 Å². The fraction of sp³-hybridized carbons (Fsp3) is 0.444. The van der Waals surface area contributed by atoms with Gasteiger partial charge in [-0.05, 0) is 6.42 Å². The first-order chi connectivity index (χ1) is 5.35. The molecule has 0 bridgehead atoms. The van der Waals surface area contributed by atoms with Gasteiger partial charge in [-0.25, -0.2) is 0 Å². The summed E-state index contributed by atoms with van der Waals surface area (Å²) in [6.07, 6.45) is 7.40. The van der Waals surface area contributed by atoms with Gasteiger partial charge in [-0.15, -0.1) is 0 Å². The zero-order valence-electron chi connectivity index (χ0n) is 7.30. The maximum Gasteiger partial charge on any atom is 0.0192 e. The third-order valence-electron chi connectivity index (χ3n) is 1.38. The molecule has 0 fully saturated rings. The Balaban J connectivity index is 3.69. The molecule has 0 aromatic carbocycles. The van der Waals surface area contributed by atoms with Gasteiger partial charge in [0.2, 0.25) is 0 Å². The first-order valence-corrected chi connectivity index (χ1v) is 3.84. The van der Waals surface area contributed by atoms with Crippen molar-refractivity contribution in [1.29, 1.82) is 0 Å². The zero-order chi connectivity index (χ0) is 8.53. The van der Waals surface area contributed by atoms with Gasteiger partial charge >= 0.3 is 0 Å². The van der Waals surface area contributed by atoms with Gasteiger partial charge < -0.3 is 5.32 Å². The summed E-state index contributed by atoms with van der Waals surface area (Å²) in [5, 5.41) is 3.10. The topological polar surface area (TPSA) is 24.4 Å². The number of hydrogen-bond acceptors (Lipinski definition) is 2. The van der Waals surface area contributed by atoms with Crippen LogP contribution in [0.2, 0.25) is 0 Å². The monoisotopic (exact) mass is 152 g/mol. The van der Waals surface area contributed by atoms with E-state index in [2.05, 4.69) is 29.9 Å². The Morgan fingerprint density at radius 3 is 2.82 bits per heavy atom. The van der Waals surface area contributed by atoms with Gasteiger partial charge in [-0.1, -0.05) is 19.6 Å². The number of hydrogen-bond donors (Lipinski definition) is 1. The smallest absolute Gasteiger partial charge is 0.0192 e. The van der Waals surface area contributed by atoms with Crippen LogP contribution in [0.15, 0.2) is 29.5 Å². The Bertz CT molecular complexity index is 151. The molecule has 0 atom stereocenters. The predicted molar refractivity (Wildman–Crippen MR) is 50.7 cm³/mol. The first kappa shape index (κ1) is 9.95. The lowest BCUT2D eigenvalue weighted by atomic mass is 10.3. The minimum atomic E-state index is 0.871. The van der Waals surface area contributed by atoms with Crippen molar-refractivity contribution >= 4 is 6.21 Å². The Hall–Kier alpha value is -1.05. The van der Waals surface area contributed by atoms with E-state index in [0.29, 0.717) is 0 Å². The van der Waals surface area contributed by atoms with E-state index in [0.717, 1.165) is 12.8 Å². The molecule has 0 aromatic rings. The Morgan fingerprint density at radius 2 is 2.36 bits per heavy atom. The van der Waals surface area contributed by atoms with Crippen LogP contribution >= 0.6 is 0 Å². The van der Waals surface area contributed by atoms with Crippen LogP contribution in [0.3, 0.4) is 0 Å². The van der Waals surface area contributed by atoms with Crippen LogP contribution in [0.5, 0.6) is 0 Å². The van der Waals surface area contributed by atoms with E-state index >= 15 is 0 Å². The standard InChI is InChI=1S/C9H16N2/c1-4-9(10-3)7-6-8-11-5-2/h5,7-8,10H,2,4,6H2,1,3H3/b9-7+,11-8?. The largest absolute Gasteiger partial charge is 0.392 e. The molecule has 2 nitrogen and oxygen atoms in total. The number of nitrogens with one attached hydrogen (secondary N) is 1. The highest BCUT2D eigenvalue weighted by molar-refractivity contribution is 5.60. The van der Waals surface area contributed by atoms with Crippen molar-refractivity contribution < 1.29 is 0 Å². The van der Waals surface area contributed by atoms with Crippen LogP contribution in [-0.4, -0.2) is 13.3 Å². The number of aliphatic imine (C=N–C) groups is 1. The fourth-order valence-corrected chi connectivity index (χ4v) is 0.754. The van der Waals surface area contributed by atoms with E-state index in [9.17, 15) is 0 Å².